The minimum absolute atomic E-state index is 0.252. The van der Waals surface area contributed by atoms with Gasteiger partial charge in [-0.2, -0.15) is 4.79 Å². The molecule has 0 heterocycles. The van der Waals surface area contributed by atoms with Crippen molar-refractivity contribution >= 4 is 12.1 Å². The zero-order chi connectivity index (χ0) is 19.7. The number of hydrogen-bond acceptors (Lipinski definition) is 3. The Morgan fingerprint density at radius 3 is 1.50 bits per heavy atom. The normalized spacial score (nSPS) is 11.5. The van der Waals surface area contributed by atoms with Gasteiger partial charge in [0.25, 0.3) is 0 Å². The molecule has 5 nitrogen and oxygen atoms in total. The predicted molar refractivity (Wildman–Crippen MR) is 106 cm³/mol. The van der Waals surface area contributed by atoms with Crippen LogP contribution in [0.25, 0.3) is 0 Å². The van der Waals surface area contributed by atoms with Crippen LogP contribution in [0.2, 0.25) is 0 Å². The van der Waals surface area contributed by atoms with Gasteiger partial charge in [-0.15, -0.1) is 0 Å². The molecule has 0 saturated heterocycles. The largest absolute Gasteiger partial charge is 0.516 e. The molecule has 5 heteroatoms. The van der Waals surface area contributed by atoms with Gasteiger partial charge in [0.1, 0.15) is 0 Å². The van der Waals surface area contributed by atoms with E-state index < -0.39 is 12.1 Å². The Bertz CT molecular complexity index is 369. The molecule has 0 aliphatic carbocycles. The molecular weight excluding hydrogens is 330 g/mol. The van der Waals surface area contributed by atoms with Crippen LogP contribution in [-0.4, -0.2) is 48.9 Å². The first-order chi connectivity index (χ1) is 12.4. The number of ether oxygens (including phenoxy) is 1. The van der Waals surface area contributed by atoms with Crippen LogP contribution in [0.15, 0.2) is 0 Å². The number of nitrogens with zero attached hydrogens (tertiary/aromatic N) is 1. The van der Waals surface area contributed by atoms with Gasteiger partial charge in [0.05, 0.1) is 20.7 Å². The summed E-state index contributed by atoms with van der Waals surface area (Å²) in [6.07, 6.45) is 17.6. The van der Waals surface area contributed by atoms with E-state index >= 15 is 0 Å². The molecule has 0 radical (unpaired) electrons. The van der Waals surface area contributed by atoms with Crippen LogP contribution >= 0.6 is 0 Å². The summed E-state index contributed by atoms with van der Waals surface area (Å²) >= 11 is 0. The summed E-state index contributed by atoms with van der Waals surface area (Å²) in [6, 6.07) is 0. The van der Waals surface area contributed by atoms with Gasteiger partial charge in [-0.25, -0.2) is 9.28 Å². The van der Waals surface area contributed by atoms with E-state index in [1.54, 1.807) is 14.1 Å². The number of hydrogen-bond donors (Lipinski definition) is 1. The molecule has 154 valence electrons. The zero-order valence-corrected chi connectivity index (χ0v) is 17.4. The highest BCUT2D eigenvalue weighted by Crippen LogP contribution is 2.13. The summed E-state index contributed by atoms with van der Waals surface area (Å²) in [7, 11) is 3.11. The molecule has 0 spiro atoms. The van der Waals surface area contributed by atoms with Gasteiger partial charge >= 0.3 is 12.1 Å². The highest BCUT2D eigenvalue weighted by atomic mass is 16.6. The van der Waals surface area contributed by atoms with Crippen molar-refractivity contribution in [3.05, 3.63) is 0 Å². The molecule has 0 aromatic heterocycles. The summed E-state index contributed by atoms with van der Waals surface area (Å²) in [6.45, 7) is 2.39. The number of carbonyl (C=O) groups is 2. The van der Waals surface area contributed by atoms with Gasteiger partial charge in [0.15, 0.2) is 6.54 Å². The van der Waals surface area contributed by atoms with Gasteiger partial charge in [0, 0.05) is 0 Å². The first-order valence-electron chi connectivity index (χ1n) is 10.6. The quantitative estimate of drug-likeness (QED) is 0.260. The van der Waals surface area contributed by atoms with Crippen LogP contribution in [0, 0.1) is 0 Å². The Kier molecular flexibility index (Phi) is 15.4. The summed E-state index contributed by atoms with van der Waals surface area (Å²) in [4.78, 5) is 22.5. The van der Waals surface area contributed by atoms with E-state index in [2.05, 4.69) is 6.92 Å². The molecule has 0 aliphatic rings. The Hall–Kier alpha value is -1.10. The molecule has 0 aromatic carbocycles. The first-order valence-corrected chi connectivity index (χ1v) is 10.6. The van der Waals surface area contributed by atoms with Crippen LogP contribution in [0.1, 0.15) is 96.8 Å². The van der Waals surface area contributed by atoms with Crippen molar-refractivity contribution in [2.24, 2.45) is 0 Å². The van der Waals surface area contributed by atoms with E-state index in [1.165, 1.54) is 77.0 Å². The lowest BCUT2D eigenvalue weighted by molar-refractivity contribution is -0.809. The molecule has 1 amide bonds. The number of aliphatic carboxylic acids is 1. The van der Waals surface area contributed by atoms with E-state index in [0.717, 1.165) is 12.8 Å². The predicted octanol–water partition coefficient (Wildman–Crippen LogP) is 5.77. The molecule has 1 N–H and O–H groups in total. The SMILES string of the molecule is CCCCCCCCCCCCCCCCOC(=O)[N+](C)(C)CC(=O)O. The lowest BCUT2D eigenvalue weighted by atomic mass is 10.0. The summed E-state index contributed by atoms with van der Waals surface area (Å²) < 4.78 is 4.91. The van der Waals surface area contributed by atoms with Gasteiger partial charge in [-0.05, 0) is 6.42 Å². The molecule has 0 atom stereocenters. The molecule has 0 aliphatic heterocycles. The number of unbranched alkanes of at least 4 members (excludes halogenated alkanes) is 13. The maximum absolute atomic E-state index is 11.8. The van der Waals surface area contributed by atoms with Crippen molar-refractivity contribution in [3.8, 4) is 0 Å². The van der Waals surface area contributed by atoms with E-state index in [4.69, 9.17) is 9.84 Å². The average molecular weight is 373 g/mol. The van der Waals surface area contributed by atoms with Crippen molar-refractivity contribution in [2.75, 3.05) is 27.2 Å². The maximum atomic E-state index is 11.8. The summed E-state index contributed by atoms with van der Waals surface area (Å²) in [5.41, 5.74) is 0. The Morgan fingerprint density at radius 2 is 1.12 bits per heavy atom. The van der Waals surface area contributed by atoms with E-state index in [1.807, 2.05) is 0 Å². The fourth-order valence-corrected chi connectivity index (χ4v) is 3.03. The highest BCUT2D eigenvalue weighted by molar-refractivity contribution is 5.71. The monoisotopic (exact) mass is 372 g/mol. The number of carboxylic acid groups (broad SMARTS) is 1. The molecule has 0 fully saturated rings. The molecular formula is C21H42NO4+. The highest BCUT2D eigenvalue weighted by Gasteiger charge is 2.31. The summed E-state index contributed by atoms with van der Waals surface area (Å²) in [5.74, 6) is -0.997. The van der Waals surface area contributed by atoms with Gasteiger partial charge in [-0.1, -0.05) is 90.4 Å². The third kappa shape index (κ3) is 15.2. The van der Waals surface area contributed by atoms with Crippen LogP contribution < -0.4 is 0 Å². The second-order valence-electron chi connectivity index (χ2n) is 7.95. The van der Waals surface area contributed by atoms with E-state index in [9.17, 15) is 9.59 Å². The zero-order valence-electron chi connectivity index (χ0n) is 17.4. The smallest absolute Gasteiger partial charge is 0.477 e. The van der Waals surface area contributed by atoms with Crippen LogP contribution in [0.3, 0.4) is 0 Å². The van der Waals surface area contributed by atoms with Gasteiger partial charge < -0.3 is 9.84 Å². The van der Waals surface area contributed by atoms with E-state index in [-0.39, 0.29) is 11.0 Å². The minimum atomic E-state index is -0.997. The second-order valence-corrected chi connectivity index (χ2v) is 7.95. The molecule has 0 saturated carbocycles. The van der Waals surface area contributed by atoms with Crippen molar-refractivity contribution in [1.82, 2.24) is 0 Å². The van der Waals surface area contributed by atoms with Gasteiger partial charge in [-0.3, -0.25) is 0 Å². The van der Waals surface area contributed by atoms with E-state index in [0.29, 0.717) is 6.61 Å². The fourth-order valence-electron chi connectivity index (χ4n) is 3.03. The number of likely N-dealkylation sites (N-methyl/N-ethyl adjacent to an activating group) is 1. The van der Waals surface area contributed by atoms with Crippen molar-refractivity contribution in [2.45, 2.75) is 96.8 Å². The van der Waals surface area contributed by atoms with Crippen molar-refractivity contribution in [3.63, 3.8) is 0 Å². The molecule has 0 aromatic rings. The number of carboxylic acids is 1. The third-order valence-electron chi connectivity index (χ3n) is 4.75. The Morgan fingerprint density at radius 1 is 0.731 bits per heavy atom. The number of rotatable bonds is 17. The third-order valence-corrected chi connectivity index (χ3v) is 4.75. The van der Waals surface area contributed by atoms with Crippen LogP contribution in [0.5, 0.6) is 0 Å². The molecule has 26 heavy (non-hydrogen) atoms. The molecule has 0 unspecified atom stereocenters. The lowest BCUT2D eigenvalue weighted by Crippen LogP contribution is -2.49. The average Bonchev–Trinajstić information content (AvgIpc) is 2.57. The van der Waals surface area contributed by atoms with Crippen LogP contribution in [-0.2, 0) is 9.53 Å². The molecule has 0 bridgehead atoms. The second kappa shape index (κ2) is 16.1. The van der Waals surface area contributed by atoms with Gasteiger partial charge in [0.2, 0.25) is 0 Å². The van der Waals surface area contributed by atoms with Crippen molar-refractivity contribution < 1.29 is 23.9 Å². The maximum Gasteiger partial charge on any atom is 0.516 e. The van der Waals surface area contributed by atoms with Crippen molar-refractivity contribution in [1.29, 1.82) is 0 Å². The first kappa shape index (κ1) is 24.9. The summed E-state index contributed by atoms with van der Waals surface area (Å²) in [5, 5.41) is 8.78. The molecule has 0 rings (SSSR count). The Balaban J connectivity index is 3.34. The van der Waals surface area contributed by atoms with Crippen LogP contribution in [0.4, 0.5) is 4.79 Å². The fraction of sp³-hybridized carbons (Fsp3) is 0.905. The Labute approximate surface area is 160 Å². The number of quaternary nitrogens is 1. The number of amides is 1. The standard InChI is InChI=1S/C21H41NO4/c1-4-5-6-7-8-9-10-11-12-13-14-15-16-17-18-26-21(25)22(2,3)19-20(23)24/h4-19H2,1-3H3/p+1. The number of carbonyl (C=O) groups excluding carboxylic acids is 1. The minimum Gasteiger partial charge on any atom is -0.477 e. The lowest BCUT2D eigenvalue weighted by Gasteiger charge is -2.22. The topological polar surface area (TPSA) is 63.6 Å².